The zero-order chi connectivity index (χ0) is 26.7. The number of nitrogens with zero attached hydrogens (tertiary/aromatic N) is 2. The molecule has 200 valence electrons. The van der Waals surface area contributed by atoms with Crippen molar-refractivity contribution in [3.8, 4) is 0 Å². The molecule has 1 saturated heterocycles. The van der Waals surface area contributed by atoms with Gasteiger partial charge in [-0.2, -0.15) is 0 Å². The first kappa shape index (κ1) is 26.3. The number of hydrogen-bond donors (Lipinski definition) is 2. The summed E-state index contributed by atoms with van der Waals surface area (Å²) < 4.78 is 45.0. The Bertz CT molecular complexity index is 1420. The number of nitrogens with one attached hydrogen (secondary N) is 2. The van der Waals surface area contributed by atoms with E-state index in [1.165, 1.54) is 24.3 Å². The molecule has 9 heteroatoms. The van der Waals surface area contributed by atoms with Crippen LogP contribution in [-0.2, 0) is 16.4 Å². The number of anilines is 2. The Morgan fingerprint density at radius 2 is 1.74 bits per heavy atom. The van der Waals surface area contributed by atoms with E-state index in [0.29, 0.717) is 30.9 Å². The first-order valence-corrected chi connectivity index (χ1v) is 14.6. The van der Waals surface area contributed by atoms with Gasteiger partial charge < -0.3 is 15.1 Å². The largest absolute Gasteiger partial charge is 0.368 e. The lowest BCUT2D eigenvalue weighted by Crippen LogP contribution is -2.46. The summed E-state index contributed by atoms with van der Waals surface area (Å²) in [7, 11) is -3.96. The van der Waals surface area contributed by atoms with E-state index in [1.54, 1.807) is 18.2 Å². The molecule has 0 unspecified atom stereocenters. The van der Waals surface area contributed by atoms with Gasteiger partial charge in [0.25, 0.3) is 5.91 Å². The third kappa shape index (κ3) is 5.60. The maximum Gasteiger partial charge on any atom is 0.258 e. The molecule has 2 N–H and O–H groups in total. The van der Waals surface area contributed by atoms with Gasteiger partial charge in [0, 0.05) is 37.9 Å². The van der Waals surface area contributed by atoms with Crippen LogP contribution in [0.5, 0.6) is 0 Å². The van der Waals surface area contributed by atoms with Gasteiger partial charge >= 0.3 is 0 Å². The summed E-state index contributed by atoms with van der Waals surface area (Å²) in [6.07, 6.45) is 2.54. The Balaban J connectivity index is 1.48. The molecule has 0 saturated carbocycles. The molecule has 3 aromatic carbocycles. The number of halogens is 1. The normalized spacial score (nSPS) is 18.2. The number of rotatable bonds is 7. The van der Waals surface area contributed by atoms with Crippen LogP contribution < -0.4 is 14.9 Å². The van der Waals surface area contributed by atoms with Crippen molar-refractivity contribution in [1.82, 2.24) is 9.62 Å². The minimum absolute atomic E-state index is 0.103. The second kappa shape index (κ2) is 11.2. The van der Waals surface area contributed by atoms with Crippen LogP contribution >= 0.6 is 0 Å². The third-order valence-electron chi connectivity index (χ3n) is 7.45. The van der Waals surface area contributed by atoms with Crippen molar-refractivity contribution in [2.24, 2.45) is 0 Å². The predicted octanol–water partition coefficient (Wildman–Crippen LogP) is 4.58. The van der Waals surface area contributed by atoms with Crippen molar-refractivity contribution in [3.05, 3.63) is 89.2 Å². The zero-order valence-electron chi connectivity index (χ0n) is 21.5. The first-order chi connectivity index (χ1) is 18.4. The van der Waals surface area contributed by atoms with Gasteiger partial charge in [0.15, 0.2) is 0 Å². The van der Waals surface area contributed by atoms with Gasteiger partial charge in [0.05, 0.1) is 11.3 Å². The highest BCUT2D eigenvalue weighted by atomic mass is 32.2. The lowest BCUT2D eigenvalue weighted by molar-refractivity contribution is 0.102. The van der Waals surface area contributed by atoms with E-state index in [1.807, 2.05) is 24.3 Å². The van der Waals surface area contributed by atoms with Crippen LogP contribution in [-0.4, -0.2) is 51.9 Å². The molecule has 1 atom stereocenters. The van der Waals surface area contributed by atoms with Gasteiger partial charge in [0.1, 0.15) is 10.7 Å². The molecule has 2 aliphatic rings. The standard InChI is InChI=1S/C29H33FN4O3S/c1-2-33-16-18-34(19-17-33)27-15-14-22(31-29(35)24-11-5-6-12-25(24)30)20-28(27)38(36,37)32-26-13-7-9-21-8-3-4-10-23(21)26/h3-6,8,10-12,14-15,20,26,32H,2,7,9,13,16-19H2,1H3,(H,31,35)/t26-/m1/s1. The molecule has 0 aromatic heterocycles. The molecule has 7 nitrogen and oxygen atoms in total. The summed E-state index contributed by atoms with van der Waals surface area (Å²) in [6, 6.07) is 18.2. The molecule has 1 heterocycles. The fourth-order valence-corrected chi connectivity index (χ4v) is 6.85. The van der Waals surface area contributed by atoms with E-state index in [9.17, 15) is 17.6 Å². The van der Waals surface area contributed by atoms with E-state index in [4.69, 9.17) is 0 Å². The lowest BCUT2D eigenvalue weighted by Gasteiger charge is -2.36. The van der Waals surface area contributed by atoms with E-state index in [0.717, 1.165) is 43.6 Å². The minimum atomic E-state index is -3.96. The number of sulfonamides is 1. The fourth-order valence-electron chi connectivity index (χ4n) is 5.34. The maximum atomic E-state index is 14.2. The Morgan fingerprint density at radius 3 is 2.50 bits per heavy atom. The van der Waals surface area contributed by atoms with Gasteiger partial charge in [-0.3, -0.25) is 4.79 Å². The number of aryl methyl sites for hydroxylation is 1. The Kier molecular flexibility index (Phi) is 7.78. The average Bonchev–Trinajstić information content (AvgIpc) is 2.93. The monoisotopic (exact) mass is 536 g/mol. The number of likely N-dealkylation sites (N-methyl/N-ethyl adjacent to an activating group) is 1. The quantitative estimate of drug-likeness (QED) is 0.462. The molecule has 0 bridgehead atoms. The van der Waals surface area contributed by atoms with Crippen LogP contribution in [0.25, 0.3) is 0 Å². The van der Waals surface area contributed by atoms with Crippen LogP contribution in [0.4, 0.5) is 15.8 Å². The Hall–Kier alpha value is -3.27. The van der Waals surface area contributed by atoms with Crippen molar-refractivity contribution in [3.63, 3.8) is 0 Å². The van der Waals surface area contributed by atoms with Crippen molar-refractivity contribution < 1.29 is 17.6 Å². The molecule has 1 aliphatic carbocycles. The van der Waals surface area contributed by atoms with E-state index in [2.05, 4.69) is 26.8 Å². The number of carbonyl (C=O) groups excluding carboxylic acids is 1. The summed E-state index contributed by atoms with van der Waals surface area (Å²) in [6.45, 7) is 6.14. The average molecular weight is 537 g/mol. The highest BCUT2D eigenvalue weighted by Gasteiger charge is 2.30. The minimum Gasteiger partial charge on any atom is -0.368 e. The highest BCUT2D eigenvalue weighted by Crippen LogP contribution is 2.34. The van der Waals surface area contributed by atoms with Crippen molar-refractivity contribution >= 4 is 27.3 Å². The van der Waals surface area contributed by atoms with Crippen LogP contribution in [0.15, 0.2) is 71.6 Å². The van der Waals surface area contributed by atoms with Crippen LogP contribution in [0.2, 0.25) is 0 Å². The van der Waals surface area contributed by atoms with Gasteiger partial charge in [-0.1, -0.05) is 43.3 Å². The van der Waals surface area contributed by atoms with Crippen LogP contribution in [0.1, 0.15) is 47.3 Å². The van der Waals surface area contributed by atoms with Gasteiger partial charge in [-0.15, -0.1) is 0 Å². The molecule has 1 amide bonds. The van der Waals surface area contributed by atoms with Gasteiger partial charge in [-0.05, 0) is 67.3 Å². The fraction of sp³-hybridized carbons (Fsp3) is 0.345. The molecular weight excluding hydrogens is 503 g/mol. The second-order valence-corrected chi connectivity index (χ2v) is 11.5. The van der Waals surface area contributed by atoms with Crippen LogP contribution in [0.3, 0.4) is 0 Å². The van der Waals surface area contributed by atoms with E-state index >= 15 is 0 Å². The van der Waals surface area contributed by atoms with Crippen molar-refractivity contribution in [1.29, 1.82) is 0 Å². The lowest BCUT2D eigenvalue weighted by atomic mass is 9.88. The Labute approximate surface area is 223 Å². The molecule has 1 aliphatic heterocycles. The van der Waals surface area contributed by atoms with Gasteiger partial charge in [-0.25, -0.2) is 17.5 Å². The van der Waals surface area contributed by atoms with E-state index < -0.39 is 21.7 Å². The number of carbonyl (C=O) groups is 1. The Morgan fingerprint density at radius 1 is 1.00 bits per heavy atom. The smallest absolute Gasteiger partial charge is 0.258 e. The maximum absolute atomic E-state index is 14.2. The SMILES string of the molecule is CCN1CCN(c2ccc(NC(=O)c3ccccc3F)cc2S(=O)(=O)N[C@@H]2CCCc3ccccc32)CC1. The molecule has 0 spiro atoms. The molecule has 1 fully saturated rings. The highest BCUT2D eigenvalue weighted by molar-refractivity contribution is 7.89. The van der Waals surface area contributed by atoms with Gasteiger partial charge in [0.2, 0.25) is 10.0 Å². The van der Waals surface area contributed by atoms with Crippen molar-refractivity contribution in [2.75, 3.05) is 42.9 Å². The molecule has 3 aromatic rings. The molecule has 5 rings (SSSR count). The molecule has 38 heavy (non-hydrogen) atoms. The summed E-state index contributed by atoms with van der Waals surface area (Å²) in [5.41, 5.74) is 2.95. The third-order valence-corrected chi connectivity index (χ3v) is 8.95. The molecule has 0 radical (unpaired) electrons. The molecular formula is C29H33FN4O3S. The van der Waals surface area contributed by atoms with Crippen LogP contribution in [0, 0.1) is 5.82 Å². The summed E-state index contributed by atoms with van der Waals surface area (Å²) in [4.78, 5) is 17.3. The second-order valence-electron chi connectivity index (χ2n) is 9.80. The van der Waals surface area contributed by atoms with Crippen molar-refractivity contribution in [2.45, 2.75) is 37.1 Å². The summed E-state index contributed by atoms with van der Waals surface area (Å²) >= 11 is 0. The zero-order valence-corrected chi connectivity index (χ0v) is 22.3. The summed E-state index contributed by atoms with van der Waals surface area (Å²) in [5.74, 6) is -1.27. The topological polar surface area (TPSA) is 81.8 Å². The predicted molar refractivity (Wildman–Crippen MR) is 148 cm³/mol. The number of hydrogen-bond acceptors (Lipinski definition) is 5. The number of fused-ring (bicyclic) bond motifs is 1. The summed E-state index contributed by atoms with van der Waals surface area (Å²) in [5, 5.41) is 2.68. The number of piperazine rings is 1. The number of benzene rings is 3. The van der Waals surface area contributed by atoms with E-state index in [-0.39, 0.29) is 16.5 Å². The number of amides is 1. The first-order valence-electron chi connectivity index (χ1n) is 13.1.